The normalized spacial score (nSPS) is 19.3. The molecule has 0 aliphatic heterocycles. The minimum absolute atomic E-state index is 0.0886. The zero-order valence-electron chi connectivity index (χ0n) is 17.8. The molecule has 1 aromatic heterocycles. The zero-order valence-corrected chi connectivity index (χ0v) is 18.7. The van der Waals surface area contributed by atoms with Gasteiger partial charge in [0.2, 0.25) is 10.0 Å². The van der Waals surface area contributed by atoms with E-state index in [1.54, 1.807) is 12.1 Å². The maximum Gasteiger partial charge on any atom is 0.240 e. The molecule has 9 heteroatoms. The van der Waals surface area contributed by atoms with Crippen molar-refractivity contribution in [3.8, 4) is 0 Å². The number of nitrogens with one attached hydrogen (secondary N) is 2. The van der Waals surface area contributed by atoms with Crippen LogP contribution in [0.3, 0.4) is 0 Å². The maximum absolute atomic E-state index is 12.7. The van der Waals surface area contributed by atoms with Crippen LogP contribution in [-0.2, 0) is 10.0 Å². The number of benzene rings is 1. The summed E-state index contributed by atoms with van der Waals surface area (Å²) in [6.07, 6.45) is 3.17. The quantitative estimate of drug-likeness (QED) is 0.650. The summed E-state index contributed by atoms with van der Waals surface area (Å²) in [5.41, 5.74) is 0.498. The third-order valence-corrected chi connectivity index (χ3v) is 6.79. The van der Waals surface area contributed by atoms with Crippen molar-refractivity contribution in [3.05, 3.63) is 41.7 Å². The number of sulfonamides is 1. The van der Waals surface area contributed by atoms with Crippen molar-refractivity contribution in [2.75, 3.05) is 24.3 Å². The Labute approximate surface area is 178 Å². The Hall–Kier alpha value is -2.52. The second kappa shape index (κ2) is 9.09. The van der Waals surface area contributed by atoms with Gasteiger partial charge in [0.05, 0.1) is 4.90 Å². The summed E-state index contributed by atoms with van der Waals surface area (Å²) in [4.78, 5) is 22.4. The molecule has 1 aliphatic carbocycles. The molecule has 1 heterocycles. The zero-order chi connectivity index (χ0) is 21.9. The van der Waals surface area contributed by atoms with Crippen molar-refractivity contribution in [1.29, 1.82) is 0 Å². The highest BCUT2D eigenvalue weighted by Gasteiger charge is 2.26. The topological polar surface area (TPSA) is 104 Å². The first-order valence-electron chi connectivity index (χ1n) is 10.1. The van der Waals surface area contributed by atoms with Gasteiger partial charge in [0.1, 0.15) is 17.5 Å². The molecule has 2 aromatic rings. The van der Waals surface area contributed by atoms with Gasteiger partial charge in [-0.15, -0.1) is 0 Å². The van der Waals surface area contributed by atoms with Gasteiger partial charge in [0.15, 0.2) is 5.78 Å². The van der Waals surface area contributed by atoms with Crippen LogP contribution in [0, 0.1) is 6.92 Å². The van der Waals surface area contributed by atoms with Crippen molar-refractivity contribution >= 4 is 27.4 Å². The highest BCUT2D eigenvalue weighted by molar-refractivity contribution is 7.89. The van der Waals surface area contributed by atoms with E-state index in [1.807, 2.05) is 32.0 Å². The lowest BCUT2D eigenvalue weighted by molar-refractivity contribution is 0.101. The van der Waals surface area contributed by atoms with E-state index in [0.717, 1.165) is 37.3 Å². The Morgan fingerprint density at radius 1 is 1.03 bits per heavy atom. The number of nitrogens with zero attached hydrogens (tertiary/aromatic N) is 3. The Morgan fingerprint density at radius 2 is 1.63 bits per heavy atom. The van der Waals surface area contributed by atoms with Crippen LogP contribution in [0.25, 0.3) is 0 Å². The van der Waals surface area contributed by atoms with Crippen molar-refractivity contribution < 1.29 is 13.2 Å². The molecule has 0 bridgehead atoms. The molecular weight excluding hydrogens is 402 g/mol. The number of hydrogen-bond donors (Lipinski definition) is 2. The van der Waals surface area contributed by atoms with E-state index in [1.165, 1.54) is 19.1 Å². The second-order valence-electron chi connectivity index (χ2n) is 7.95. The molecular formula is C21H29N5O3S. The fourth-order valence-electron chi connectivity index (χ4n) is 3.58. The molecule has 3 rings (SSSR count). The minimum atomic E-state index is -3.61. The van der Waals surface area contributed by atoms with Gasteiger partial charge in [0.25, 0.3) is 0 Å². The number of anilines is 2. The molecule has 1 fully saturated rings. The van der Waals surface area contributed by atoms with Gasteiger partial charge in [-0.25, -0.2) is 23.1 Å². The van der Waals surface area contributed by atoms with Crippen LogP contribution in [0.2, 0.25) is 0 Å². The molecule has 0 saturated heterocycles. The summed E-state index contributed by atoms with van der Waals surface area (Å²) in [5.74, 6) is 2.26. The number of hydrogen-bond acceptors (Lipinski definition) is 7. The van der Waals surface area contributed by atoms with E-state index < -0.39 is 10.0 Å². The molecule has 0 atom stereocenters. The highest BCUT2D eigenvalue weighted by Crippen LogP contribution is 2.24. The van der Waals surface area contributed by atoms with Crippen LogP contribution < -0.4 is 14.9 Å². The van der Waals surface area contributed by atoms with E-state index in [2.05, 4.69) is 20.0 Å². The number of carbonyl (C=O) groups excluding carboxylic acids is 1. The van der Waals surface area contributed by atoms with E-state index in [9.17, 15) is 13.2 Å². The van der Waals surface area contributed by atoms with Crippen LogP contribution in [0.4, 0.5) is 11.6 Å². The van der Waals surface area contributed by atoms with Gasteiger partial charge in [-0.05, 0) is 51.7 Å². The average molecular weight is 432 g/mol. The van der Waals surface area contributed by atoms with Crippen molar-refractivity contribution in [3.63, 3.8) is 0 Å². The van der Waals surface area contributed by atoms with Gasteiger partial charge in [0, 0.05) is 37.8 Å². The number of Topliss-reactive ketones (excluding diaryl/α,β-unsaturated/α-hetero) is 1. The number of rotatable bonds is 7. The van der Waals surface area contributed by atoms with Crippen molar-refractivity contribution in [2.45, 2.75) is 56.5 Å². The smallest absolute Gasteiger partial charge is 0.240 e. The molecule has 1 saturated carbocycles. The largest absolute Gasteiger partial charge is 0.367 e. The lowest BCUT2D eigenvalue weighted by Gasteiger charge is -2.30. The lowest BCUT2D eigenvalue weighted by Crippen LogP contribution is -2.40. The molecule has 1 aliphatic rings. The van der Waals surface area contributed by atoms with Crippen LogP contribution in [0.15, 0.2) is 35.2 Å². The van der Waals surface area contributed by atoms with E-state index in [-0.39, 0.29) is 22.8 Å². The summed E-state index contributed by atoms with van der Waals surface area (Å²) in [6.45, 7) is 3.32. The fourth-order valence-corrected chi connectivity index (χ4v) is 4.88. The highest BCUT2D eigenvalue weighted by atomic mass is 32.2. The molecule has 30 heavy (non-hydrogen) atoms. The second-order valence-corrected chi connectivity index (χ2v) is 9.66. The molecule has 0 spiro atoms. The maximum atomic E-state index is 12.7. The Morgan fingerprint density at radius 3 is 2.20 bits per heavy atom. The molecule has 1 aromatic carbocycles. The molecule has 0 unspecified atom stereocenters. The van der Waals surface area contributed by atoms with Gasteiger partial charge in [-0.3, -0.25) is 4.79 Å². The third-order valence-electron chi connectivity index (χ3n) is 5.25. The Balaban J connectivity index is 1.57. The van der Waals surface area contributed by atoms with Crippen LogP contribution >= 0.6 is 0 Å². The average Bonchev–Trinajstić information content (AvgIpc) is 2.69. The van der Waals surface area contributed by atoms with E-state index in [0.29, 0.717) is 11.4 Å². The Bertz CT molecular complexity index is 998. The molecule has 0 radical (unpaired) electrons. The van der Waals surface area contributed by atoms with Crippen LogP contribution in [-0.4, -0.2) is 50.3 Å². The SMILES string of the molecule is CC(=O)c1ccc(S(=O)(=O)NC2CCC(Nc3cc(N(C)C)nc(C)n3)CC2)cc1. The standard InChI is InChI=1S/C21H29N5O3S/c1-14(27)16-5-11-19(12-6-16)30(28,29)25-18-9-7-17(8-10-18)24-20-13-21(26(3)4)23-15(2)22-20/h5-6,11-13,17-18,25H,7-10H2,1-4H3,(H,22,23,24). The first-order chi connectivity index (χ1) is 14.1. The van der Waals surface area contributed by atoms with Gasteiger partial charge >= 0.3 is 0 Å². The summed E-state index contributed by atoms with van der Waals surface area (Å²) < 4.78 is 28.1. The predicted molar refractivity (Wildman–Crippen MR) is 118 cm³/mol. The lowest BCUT2D eigenvalue weighted by atomic mass is 9.92. The monoisotopic (exact) mass is 431 g/mol. The minimum Gasteiger partial charge on any atom is -0.367 e. The summed E-state index contributed by atoms with van der Waals surface area (Å²) >= 11 is 0. The van der Waals surface area contributed by atoms with Gasteiger partial charge < -0.3 is 10.2 Å². The van der Waals surface area contributed by atoms with Crippen LogP contribution in [0.1, 0.15) is 48.8 Å². The number of aromatic nitrogens is 2. The number of ketones is 1. The van der Waals surface area contributed by atoms with Gasteiger partial charge in [-0.1, -0.05) is 12.1 Å². The van der Waals surface area contributed by atoms with Crippen molar-refractivity contribution in [2.24, 2.45) is 0 Å². The summed E-state index contributed by atoms with van der Waals surface area (Å²) in [7, 11) is 0.275. The van der Waals surface area contributed by atoms with E-state index >= 15 is 0 Å². The molecule has 0 amide bonds. The fraction of sp³-hybridized carbons (Fsp3) is 0.476. The third kappa shape index (κ3) is 5.54. The van der Waals surface area contributed by atoms with E-state index in [4.69, 9.17) is 0 Å². The molecule has 8 nitrogen and oxygen atoms in total. The van der Waals surface area contributed by atoms with Crippen LogP contribution in [0.5, 0.6) is 0 Å². The summed E-state index contributed by atoms with van der Waals surface area (Å²) in [5, 5.41) is 3.46. The van der Waals surface area contributed by atoms with Gasteiger partial charge in [-0.2, -0.15) is 0 Å². The summed E-state index contributed by atoms with van der Waals surface area (Å²) in [6, 6.07) is 8.10. The van der Waals surface area contributed by atoms with Crippen molar-refractivity contribution in [1.82, 2.24) is 14.7 Å². The molecule has 2 N–H and O–H groups in total. The number of aryl methyl sites for hydroxylation is 1. The first-order valence-corrected chi connectivity index (χ1v) is 11.6. The first kappa shape index (κ1) is 22.2. The predicted octanol–water partition coefficient (Wildman–Crippen LogP) is 2.76. The number of carbonyl (C=O) groups is 1. The molecule has 162 valence electrons. The Kier molecular flexibility index (Phi) is 6.72.